The number of methoxy groups -OCH3 is 1. The van der Waals surface area contributed by atoms with Crippen LogP contribution in [0.25, 0.3) is 0 Å². The van der Waals surface area contributed by atoms with Crippen LogP contribution in [0.4, 0.5) is 13.2 Å². The fraction of sp³-hybridized carbons (Fsp3) is 0.455. The Bertz CT molecular complexity index is 548. The van der Waals surface area contributed by atoms with Gasteiger partial charge in [-0.3, -0.25) is 0 Å². The molecule has 4 nitrogen and oxygen atoms in total. The SMILES string of the molecule is CCC(COC)NS(=O)(=O)c1ccc(F)c(F)c1F. The Hall–Kier alpha value is -1.12. The summed E-state index contributed by atoms with van der Waals surface area (Å²) in [5.74, 6) is -5.00. The van der Waals surface area contributed by atoms with E-state index in [-0.39, 0.29) is 6.61 Å². The van der Waals surface area contributed by atoms with Crippen molar-refractivity contribution in [2.45, 2.75) is 24.3 Å². The molecular weight excluding hydrogens is 283 g/mol. The molecule has 1 rings (SSSR count). The van der Waals surface area contributed by atoms with Crippen LogP contribution in [0.15, 0.2) is 17.0 Å². The fourth-order valence-electron chi connectivity index (χ4n) is 1.44. The summed E-state index contributed by atoms with van der Waals surface area (Å²) in [7, 11) is -2.89. The molecule has 0 saturated carbocycles. The van der Waals surface area contributed by atoms with Gasteiger partial charge in [0.1, 0.15) is 4.90 Å². The summed E-state index contributed by atoms with van der Waals surface area (Å²) in [5.41, 5.74) is 0. The zero-order valence-corrected chi connectivity index (χ0v) is 11.2. The van der Waals surface area contributed by atoms with E-state index in [0.29, 0.717) is 18.6 Å². The minimum atomic E-state index is -4.28. The number of halogens is 3. The van der Waals surface area contributed by atoms with Gasteiger partial charge in [-0.25, -0.2) is 26.3 Å². The number of sulfonamides is 1. The van der Waals surface area contributed by atoms with Gasteiger partial charge >= 0.3 is 0 Å². The molecule has 0 aliphatic heterocycles. The molecule has 0 aliphatic rings. The molecule has 0 spiro atoms. The lowest BCUT2D eigenvalue weighted by molar-refractivity contribution is 0.173. The topological polar surface area (TPSA) is 55.4 Å². The van der Waals surface area contributed by atoms with E-state index in [4.69, 9.17) is 4.74 Å². The third kappa shape index (κ3) is 3.68. The van der Waals surface area contributed by atoms with Crippen molar-refractivity contribution in [3.8, 4) is 0 Å². The van der Waals surface area contributed by atoms with E-state index in [9.17, 15) is 21.6 Å². The van der Waals surface area contributed by atoms with Crippen LogP contribution < -0.4 is 4.72 Å². The molecule has 1 aromatic rings. The molecule has 0 bridgehead atoms. The van der Waals surface area contributed by atoms with Crippen LogP contribution in [0.3, 0.4) is 0 Å². The summed E-state index contributed by atoms with van der Waals surface area (Å²) >= 11 is 0. The van der Waals surface area contributed by atoms with Crippen LogP contribution in [-0.2, 0) is 14.8 Å². The summed E-state index contributed by atoms with van der Waals surface area (Å²) in [6.45, 7) is 1.79. The summed E-state index contributed by atoms with van der Waals surface area (Å²) < 4.78 is 69.9. The molecule has 1 unspecified atom stereocenters. The number of hydrogen-bond donors (Lipinski definition) is 1. The molecule has 1 atom stereocenters. The fourth-order valence-corrected chi connectivity index (χ4v) is 2.81. The van der Waals surface area contributed by atoms with Crippen LogP contribution in [0.2, 0.25) is 0 Å². The van der Waals surface area contributed by atoms with Crippen LogP contribution in [0.1, 0.15) is 13.3 Å². The van der Waals surface area contributed by atoms with Crippen LogP contribution >= 0.6 is 0 Å². The van der Waals surface area contributed by atoms with E-state index >= 15 is 0 Å². The number of ether oxygens (including phenoxy) is 1. The van der Waals surface area contributed by atoms with Gasteiger partial charge in [0, 0.05) is 13.2 Å². The predicted octanol–water partition coefficient (Wildman–Crippen LogP) is 1.81. The van der Waals surface area contributed by atoms with Crippen LogP contribution in [0.5, 0.6) is 0 Å². The lowest BCUT2D eigenvalue weighted by atomic mass is 10.3. The molecule has 108 valence electrons. The van der Waals surface area contributed by atoms with Crippen LogP contribution in [0, 0.1) is 17.5 Å². The molecule has 1 aromatic carbocycles. The lowest BCUT2D eigenvalue weighted by Gasteiger charge is -2.16. The minimum Gasteiger partial charge on any atom is -0.383 e. The maximum atomic E-state index is 13.4. The molecular formula is C11H14F3NO3S. The zero-order chi connectivity index (χ0) is 14.6. The summed E-state index contributed by atoms with van der Waals surface area (Å²) in [6, 6.07) is 0.655. The van der Waals surface area contributed by atoms with Gasteiger partial charge in [0.2, 0.25) is 10.0 Å². The first kappa shape index (κ1) is 15.9. The predicted molar refractivity (Wildman–Crippen MR) is 62.6 cm³/mol. The van der Waals surface area contributed by atoms with Crippen molar-refractivity contribution < 1.29 is 26.3 Å². The third-order valence-corrected chi connectivity index (χ3v) is 4.01. The van der Waals surface area contributed by atoms with Crippen molar-refractivity contribution in [1.29, 1.82) is 0 Å². The molecule has 0 aliphatic carbocycles. The molecule has 0 aromatic heterocycles. The van der Waals surface area contributed by atoms with Crippen molar-refractivity contribution in [3.05, 3.63) is 29.6 Å². The van der Waals surface area contributed by atoms with Crippen molar-refractivity contribution in [2.24, 2.45) is 0 Å². The quantitative estimate of drug-likeness (QED) is 0.815. The molecule has 0 saturated heterocycles. The van der Waals surface area contributed by atoms with E-state index < -0.39 is 38.4 Å². The summed E-state index contributed by atoms with van der Waals surface area (Å²) in [6.07, 6.45) is 0.401. The van der Waals surface area contributed by atoms with E-state index in [1.165, 1.54) is 7.11 Å². The first-order valence-electron chi connectivity index (χ1n) is 5.48. The van der Waals surface area contributed by atoms with E-state index in [1.807, 2.05) is 0 Å². The Morgan fingerprint density at radius 2 is 1.89 bits per heavy atom. The maximum absolute atomic E-state index is 13.4. The Morgan fingerprint density at radius 1 is 1.26 bits per heavy atom. The Morgan fingerprint density at radius 3 is 2.42 bits per heavy atom. The highest BCUT2D eigenvalue weighted by Crippen LogP contribution is 2.19. The Balaban J connectivity index is 3.10. The van der Waals surface area contributed by atoms with E-state index in [0.717, 1.165) is 0 Å². The number of nitrogens with one attached hydrogen (secondary N) is 1. The van der Waals surface area contributed by atoms with Gasteiger partial charge < -0.3 is 4.74 Å². The first-order chi connectivity index (χ1) is 8.83. The molecule has 19 heavy (non-hydrogen) atoms. The van der Waals surface area contributed by atoms with E-state index in [2.05, 4.69) is 4.72 Å². The average Bonchev–Trinajstić information content (AvgIpc) is 2.34. The highest BCUT2D eigenvalue weighted by Gasteiger charge is 2.26. The van der Waals surface area contributed by atoms with Gasteiger partial charge in [0.05, 0.1) is 6.61 Å². The lowest BCUT2D eigenvalue weighted by Crippen LogP contribution is -2.38. The third-order valence-electron chi connectivity index (χ3n) is 2.47. The highest BCUT2D eigenvalue weighted by atomic mass is 32.2. The first-order valence-corrected chi connectivity index (χ1v) is 6.96. The van der Waals surface area contributed by atoms with E-state index in [1.54, 1.807) is 6.92 Å². The molecule has 1 N–H and O–H groups in total. The van der Waals surface area contributed by atoms with Crippen molar-refractivity contribution in [1.82, 2.24) is 4.72 Å². The molecule has 0 amide bonds. The number of hydrogen-bond acceptors (Lipinski definition) is 3. The summed E-state index contributed by atoms with van der Waals surface area (Å²) in [4.78, 5) is -0.930. The van der Waals surface area contributed by atoms with Crippen molar-refractivity contribution >= 4 is 10.0 Å². The molecule has 0 heterocycles. The second-order valence-corrected chi connectivity index (χ2v) is 5.54. The Labute approximate surface area is 109 Å². The average molecular weight is 297 g/mol. The number of rotatable bonds is 6. The van der Waals surface area contributed by atoms with Gasteiger partial charge in [-0.15, -0.1) is 0 Å². The standard InChI is InChI=1S/C11H14F3NO3S/c1-3-7(6-18-2)15-19(16,17)9-5-4-8(12)10(13)11(9)14/h4-5,7,15H,3,6H2,1-2H3. The van der Waals surface area contributed by atoms with Gasteiger partial charge in [-0.05, 0) is 18.6 Å². The second-order valence-electron chi connectivity index (χ2n) is 3.86. The molecule has 0 fully saturated rings. The normalized spacial score (nSPS) is 13.5. The van der Waals surface area contributed by atoms with Gasteiger partial charge in [0.25, 0.3) is 0 Å². The van der Waals surface area contributed by atoms with Gasteiger partial charge in [-0.2, -0.15) is 0 Å². The van der Waals surface area contributed by atoms with Crippen molar-refractivity contribution in [2.75, 3.05) is 13.7 Å². The summed E-state index contributed by atoms with van der Waals surface area (Å²) in [5, 5.41) is 0. The molecule has 0 radical (unpaired) electrons. The maximum Gasteiger partial charge on any atom is 0.243 e. The number of benzene rings is 1. The van der Waals surface area contributed by atoms with Crippen molar-refractivity contribution in [3.63, 3.8) is 0 Å². The highest BCUT2D eigenvalue weighted by molar-refractivity contribution is 7.89. The monoisotopic (exact) mass is 297 g/mol. The largest absolute Gasteiger partial charge is 0.383 e. The Kier molecular flexibility index (Phi) is 5.33. The van der Waals surface area contributed by atoms with Gasteiger partial charge in [0.15, 0.2) is 17.5 Å². The van der Waals surface area contributed by atoms with Crippen LogP contribution in [-0.4, -0.2) is 28.2 Å². The zero-order valence-electron chi connectivity index (χ0n) is 10.4. The van der Waals surface area contributed by atoms with Gasteiger partial charge in [-0.1, -0.05) is 6.92 Å². The smallest absolute Gasteiger partial charge is 0.243 e. The second kappa shape index (κ2) is 6.36. The molecule has 8 heteroatoms. The minimum absolute atomic E-state index is 0.0844.